The molecule has 1 fully saturated rings. The third-order valence-corrected chi connectivity index (χ3v) is 4.09. The number of ether oxygens (including phenoxy) is 2. The van der Waals surface area contributed by atoms with Crippen molar-refractivity contribution in [3.8, 4) is 17.6 Å². The van der Waals surface area contributed by atoms with Crippen LogP contribution in [0.4, 0.5) is 0 Å². The van der Waals surface area contributed by atoms with Crippen molar-refractivity contribution in [2.24, 2.45) is 5.92 Å². The molecular formula is C17H20N2O5. The van der Waals surface area contributed by atoms with E-state index in [9.17, 15) is 9.59 Å². The highest BCUT2D eigenvalue weighted by Crippen LogP contribution is 2.28. The van der Waals surface area contributed by atoms with Crippen LogP contribution in [0.5, 0.6) is 11.5 Å². The molecule has 0 unspecified atom stereocenters. The zero-order valence-corrected chi connectivity index (χ0v) is 13.4. The predicted octanol–water partition coefficient (Wildman–Crippen LogP) is 1.71. The van der Waals surface area contributed by atoms with Crippen LogP contribution in [-0.2, 0) is 9.59 Å². The lowest BCUT2D eigenvalue weighted by Gasteiger charge is -2.26. The summed E-state index contributed by atoms with van der Waals surface area (Å²) in [6, 6.07) is 6.70. The minimum absolute atomic E-state index is 0.0143. The van der Waals surface area contributed by atoms with Gasteiger partial charge in [-0.2, -0.15) is 5.26 Å². The summed E-state index contributed by atoms with van der Waals surface area (Å²) in [7, 11) is 1.46. The summed E-state index contributed by atoms with van der Waals surface area (Å²) in [6.45, 7) is -0.166. The van der Waals surface area contributed by atoms with Gasteiger partial charge in [0.2, 0.25) is 0 Å². The molecule has 1 aliphatic carbocycles. The number of hydrogen-bond donors (Lipinski definition) is 2. The largest absolute Gasteiger partial charge is 0.493 e. The van der Waals surface area contributed by atoms with Crippen molar-refractivity contribution in [1.29, 1.82) is 5.26 Å². The van der Waals surface area contributed by atoms with Crippen LogP contribution in [0.15, 0.2) is 18.2 Å². The van der Waals surface area contributed by atoms with Crippen LogP contribution in [0.2, 0.25) is 0 Å². The van der Waals surface area contributed by atoms with Crippen LogP contribution < -0.4 is 14.8 Å². The van der Waals surface area contributed by atoms with Gasteiger partial charge < -0.3 is 19.9 Å². The first-order chi connectivity index (χ1) is 11.5. The molecule has 1 aliphatic rings. The smallest absolute Gasteiger partial charge is 0.306 e. The molecule has 0 saturated heterocycles. The fourth-order valence-corrected chi connectivity index (χ4v) is 2.75. The Morgan fingerprint density at radius 3 is 2.58 bits per heavy atom. The van der Waals surface area contributed by atoms with Crippen molar-refractivity contribution in [2.45, 2.75) is 31.7 Å². The van der Waals surface area contributed by atoms with Gasteiger partial charge in [0.15, 0.2) is 18.1 Å². The van der Waals surface area contributed by atoms with E-state index in [2.05, 4.69) is 5.32 Å². The molecule has 1 amide bonds. The summed E-state index contributed by atoms with van der Waals surface area (Å²) < 4.78 is 10.6. The van der Waals surface area contributed by atoms with Crippen molar-refractivity contribution in [3.63, 3.8) is 0 Å². The van der Waals surface area contributed by atoms with Crippen molar-refractivity contribution in [2.75, 3.05) is 13.7 Å². The number of benzene rings is 1. The van der Waals surface area contributed by atoms with Crippen LogP contribution >= 0.6 is 0 Å². The minimum atomic E-state index is -0.768. The number of nitrogens with one attached hydrogen (secondary N) is 1. The Balaban J connectivity index is 1.82. The first-order valence-electron chi connectivity index (χ1n) is 7.76. The number of hydrogen-bond acceptors (Lipinski definition) is 5. The molecule has 1 aromatic rings. The van der Waals surface area contributed by atoms with E-state index in [-0.39, 0.29) is 24.5 Å². The van der Waals surface area contributed by atoms with Gasteiger partial charge in [0.1, 0.15) is 0 Å². The van der Waals surface area contributed by atoms with E-state index >= 15 is 0 Å². The average Bonchev–Trinajstić information content (AvgIpc) is 2.60. The van der Waals surface area contributed by atoms with E-state index in [0.29, 0.717) is 42.7 Å². The molecule has 128 valence electrons. The highest BCUT2D eigenvalue weighted by atomic mass is 16.5. The number of methoxy groups -OCH3 is 1. The topological polar surface area (TPSA) is 109 Å². The van der Waals surface area contributed by atoms with Crippen molar-refractivity contribution in [1.82, 2.24) is 5.32 Å². The van der Waals surface area contributed by atoms with Gasteiger partial charge in [-0.05, 0) is 37.8 Å². The summed E-state index contributed by atoms with van der Waals surface area (Å²) in [5.74, 6) is -0.557. The van der Waals surface area contributed by atoms with Crippen molar-refractivity contribution < 1.29 is 24.2 Å². The van der Waals surface area contributed by atoms with Gasteiger partial charge in [-0.3, -0.25) is 9.59 Å². The number of amides is 1. The van der Waals surface area contributed by atoms with Gasteiger partial charge in [-0.25, -0.2) is 0 Å². The average molecular weight is 332 g/mol. The zero-order valence-electron chi connectivity index (χ0n) is 13.4. The molecule has 2 rings (SSSR count). The summed E-state index contributed by atoms with van der Waals surface area (Å²) >= 11 is 0. The third kappa shape index (κ3) is 4.62. The number of carboxylic acid groups (broad SMARTS) is 1. The minimum Gasteiger partial charge on any atom is -0.493 e. The number of aliphatic carboxylic acids is 1. The molecule has 0 bridgehead atoms. The first kappa shape index (κ1) is 17.6. The molecule has 0 radical (unpaired) electrons. The lowest BCUT2D eigenvalue weighted by molar-refractivity contribution is -0.142. The van der Waals surface area contributed by atoms with E-state index in [0.717, 1.165) is 0 Å². The van der Waals surface area contributed by atoms with Crippen molar-refractivity contribution >= 4 is 11.9 Å². The molecular weight excluding hydrogens is 312 g/mol. The van der Waals surface area contributed by atoms with Crippen LogP contribution in [0.3, 0.4) is 0 Å². The van der Waals surface area contributed by atoms with E-state index in [1.54, 1.807) is 18.2 Å². The van der Waals surface area contributed by atoms with Crippen LogP contribution in [0, 0.1) is 17.2 Å². The van der Waals surface area contributed by atoms with Gasteiger partial charge >= 0.3 is 5.97 Å². The second-order valence-electron chi connectivity index (χ2n) is 5.72. The standard InChI is InChI=1S/C17H20N2O5/c1-23-15-8-11(9-18)2-7-14(15)24-10-16(20)19-13-5-3-12(4-6-13)17(21)22/h2,7-8,12-13H,3-6,10H2,1H3,(H,19,20)(H,21,22). The Kier molecular flexibility index (Phi) is 6.01. The van der Waals surface area contributed by atoms with E-state index in [4.69, 9.17) is 19.8 Å². The summed E-state index contributed by atoms with van der Waals surface area (Å²) in [6.07, 6.45) is 2.46. The molecule has 7 nitrogen and oxygen atoms in total. The number of carbonyl (C=O) groups excluding carboxylic acids is 1. The summed E-state index contributed by atoms with van der Waals surface area (Å²) in [5.41, 5.74) is 0.443. The van der Waals surface area contributed by atoms with Crippen molar-refractivity contribution in [3.05, 3.63) is 23.8 Å². The first-order valence-corrected chi connectivity index (χ1v) is 7.76. The Labute approximate surface area is 140 Å². The molecule has 0 aliphatic heterocycles. The Bertz CT molecular complexity index is 645. The second kappa shape index (κ2) is 8.20. The zero-order chi connectivity index (χ0) is 17.5. The number of nitriles is 1. The fraction of sp³-hybridized carbons (Fsp3) is 0.471. The van der Waals surface area contributed by atoms with Gasteiger partial charge in [0.05, 0.1) is 24.7 Å². The third-order valence-electron chi connectivity index (χ3n) is 4.09. The number of carbonyl (C=O) groups is 2. The van der Waals surface area contributed by atoms with Crippen LogP contribution in [0.25, 0.3) is 0 Å². The highest BCUT2D eigenvalue weighted by Gasteiger charge is 2.26. The van der Waals surface area contributed by atoms with E-state index in [1.807, 2.05) is 6.07 Å². The Hall–Kier alpha value is -2.75. The Morgan fingerprint density at radius 1 is 1.29 bits per heavy atom. The monoisotopic (exact) mass is 332 g/mol. The molecule has 0 atom stereocenters. The fourth-order valence-electron chi connectivity index (χ4n) is 2.75. The van der Waals surface area contributed by atoms with E-state index in [1.165, 1.54) is 7.11 Å². The maximum absolute atomic E-state index is 12.0. The summed E-state index contributed by atoms with van der Waals surface area (Å²) in [4.78, 5) is 22.9. The number of carboxylic acids is 1. The second-order valence-corrected chi connectivity index (χ2v) is 5.72. The number of nitrogens with zero attached hydrogens (tertiary/aromatic N) is 1. The SMILES string of the molecule is COc1cc(C#N)ccc1OCC(=O)NC1CCC(C(=O)O)CC1. The van der Waals surface area contributed by atoms with Crippen LogP contribution in [-0.4, -0.2) is 36.7 Å². The molecule has 7 heteroatoms. The van der Waals surface area contributed by atoms with Gasteiger partial charge in [0, 0.05) is 12.1 Å². The van der Waals surface area contributed by atoms with Gasteiger partial charge in [-0.1, -0.05) is 0 Å². The predicted molar refractivity (Wildman–Crippen MR) is 84.7 cm³/mol. The quantitative estimate of drug-likeness (QED) is 0.821. The highest BCUT2D eigenvalue weighted by molar-refractivity contribution is 5.78. The van der Waals surface area contributed by atoms with Gasteiger partial charge in [-0.15, -0.1) is 0 Å². The molecule has 0 aromatic heterocycles. The van der Waals surface area contributed by atoms with Crippen LogP contribution in [0.1, 0.15) is 31.2 Å². The maximum atomic E-state index is 12.0. The molecule has 0 heterocycles. The molecule has 2 N–H and O–H groups in total. The number of rotatable bonds is 6. The molecule has 0 spiro atoms. The lowest BCUT2D eigenvalue weighted by atomic mass is 9.86. The molecule has 1 aromatic carbocycles. The maximum Gasteiger partial charge on any atom is 0.306 e. The normalized spacial score (nSPS) is 19.8. The summed E-state index contributed by atoms with van der Waals surface area (Å²) in [5, 5.41) is 20.7. The lowest BCUT2D eigenvalue weighted by Crippen LogP contribution is -2.40. The molecule has 1 saturated carbocycles. The molecule has 24 heavy (non-hydrogen) atoms. The van der Waals surface area contributed by atoms with E-state index < -0.39 is 5.97 Å². The Morgan fingerprint density at radius 2 is 2.00 bits per heavy atom. The van der Waals surface area contributed by atoms with Gasteiger partial charge in [0.25, 0.3) is 5.91 Å².